The third-order valence-corrected chi connectivity index (χ3v) is 7.86. The van der Waals surface area contributed by atoms with Gasteiger partial charge in [0.25, 0.3) is 0 Å². The standard InChI is InChI=1S/C28H31F2N3O3/c1-15-10-18(6-7-19(15)29)33-20-11-17-13-31-32-24(17)23(30)22(20)21(25(33)27(2,3)14-36-5)16-8-9-28(4,12-16)26(34)35/h6-7,10-11,13,16H,8-9,12,14H2,1-5H3,(H,31,32)(H,34,35)/t16?,28-/m1/s1. The molecule has 2 aromatic heterocycles. The number of fused-ring (bicyclic) bond motifs is 2. The maximum atomic E-state index is 16.3. The summed E-state index contributed by atoms with van der Waals surface area (Å²) in [7, 11) is 1.63. The number of aromatic amines is 1. The lowest BCUT2D eigenvalue weighted by molar-refractivity contribution is -0.147. The van der Waals surface area contributed by atoms with Crippen LogP contribution >= 0.6 is 0 Å². The highest BCUT2D eigenvalue weighted by Crippen LogP contribution is 2.52. The van der Waals surface area contributed by atoms with E-state index in [0.717, 1.165) is 11.3 Å². The molecule has 5 rings (SSSR count). The quantitative estimate of drug-likeness (QED) is 0.325. The van der Waals surface area contributed by atoms with E-state index in [4.69, 9.17) is 4.74 Å². The minimum Gasteiger partial charge on any atom is -0.481 e. The Bertz CT molecular complexity index is 1500. The van der Waals surface area contributed by atoms with Gasteiger partial charge in [-0.2, -0.15) is 5.10 Å². The molecule has 4 aromatic rings. The number of H-pyrrole nitrogens is 1. The van der Waals surface area contributed by atoms with E-state index >= 15 is 4.39 Å². The number of aromatic nitrogens is 3. The molecule has 1 aliphatic carbocycles. The molecule has 1 fully saturated rings. The van der Waals surface area contributed by atoms with Crippen LogP contribution in [-0.2, 0) is 14.9 Å². The molecular formula is C28H31F2N3O3. The van der Waals surface area contributed by atoms with E-state index < -0.39 is 22.6 Å². The predicted molar refractivity (Wildman–Crippen MR) is 135 cm³/mol. The third kappa shape index (κ3) is 3.61. The zero-order valence-electron chi connectivity index (χ0n) is 21.2. The number of carboxylic acids is 1. The second kappa shape index (κ2) is 8.40. The van der Waals surface area contributed by atoms with Crippen LogP contribution in [0.15, 0.2) is 30.5 Å². The van der Waals surface area contributed by atoms with Crippen LogP contribution in [0.1, 0.15) is 62.8 Å². The fraction of sp³-hybridized carbons (Fsp3) is 0.429. The van der Waals surface area contributed by atoms with E-state index in [0.29, 0.717) is 58.9 Å². The highest BCUT2D eigenvalue weighted by molar-refractivity contribution is 6.00. The van der Waals surface area contributed by atoms with E-state index in [1.807, 2.05) is 24.5 Å². The summed E-state index contributed by atoms with van der Waals surface area (Å²) in [5.41, 5.74) is 2.35. The van der Waals surface area contributed by atoms with Crippen molar-refractivity contribution in [1.29, 1.82) is 0 Å². The molecule has 0 radical (unpaired) electrons. The summed E-state index contributed by atoms with van der Waals surface area (Å²) in [6.45, 7) is 7.91. The number of aryl methyl sites for hydroxylation is 1. The first-order valence-electron chi connectivity index (χ1n) is 12.2. The highest BCUT2D eigenvalue weighted by Gasteiger charge is 2.45. The van der Waals surface area contributed by atoms with Gasteiger partial charge in [-0.05, 0) is 74.4 Å². The van der Waals surface area contributed by atoms with Crippen LogP contribution in [0.2, 0.25) is 0 Å². The number of carboxylic acid groups (broad SMARTS) is 1. The summed E-state index contributed by atoms with van der Waals surface area (Å²) >= 11 is 0. The second-order valence-electron chi connectivity index (χ2n) is 11.1. The van der Waals surface area contributed by atoms with E-state index in [-0.39, 0.29) is 11.7 Å². The summed E-state index contributed by atoms with van der Waals surface area (Å²) in [6.07, 6.45) is 3.12. The Morgan fingerprint density at radius 1 is 1.33 bits per heavy atom. The monoisotopic (exact) mass is 495 g/mol. The van der Waals surface area contributed by atoms with E-state index in [2.05, 4.69) is 10.2 Å². The maximum Gasteiger partial charge on any atom is 0.309 e. The molecule has 6 nitrogen and oxygen atoms in total. The number of aliphatic carboxylic acids is 1. The van der Waals surface area contributed by atoms with Crippen molar-refractivity contribution in [3.63, 3.8) is 0 Å². The molecule has 1 aliphatic rings. The first kappa shape index (κ1) is 24.4. The van der Waals surface area contributed by atoms with Gasteiger partial charge in [0.2, 0.25) is 0 Å². The van der Waals surface area contributed by atoms with Crippen LogP contribution in [0.5, 0.6) is 0 Å². The second-order valence-corrected chi connectivity index (χ2v) is 11.1. The number of carbonyl (C=O) groups is 1. The van der Waals surface area contributed by atoms with Crippen molar-refractivity contribution in [3.8, 4) is 5.69 Å². The highest BCUT2D eigenvalue weighted by atomic mass is 19.1. The number of hydrogen-bond acceptors (Lipinski definition) is 3. The molecule has 2 heterocycles. The molecule has 1 unspecified atom stereocenters. The van der Waals surface area contributed by atoms with Crippen LogP contribution < -0.4 is 0 Å². The SMILES string of the molecule is COCC(C)(C)c1c(C2CC[C@@](C)(C(=O)O)C2)c2c(F)c3[nH]ncc3cc2n1-c1ccc(F)c(C)c1. The Morgan fingerprint density at radius 3 is 2.72 bits per heavy atom. The molecule has 0 aliphatic heterocycles. The molecule has 0 spiro atoms. The third-order valence-electron chi connectivity index (χ3n) is 7.86. The minimum atomic E-state index is -0.886. The topological polar surface area (TPSA) is 80.1 Å². The van der Waals surface area contributed by atoms with Crippen molar-refractivity contribution in [2.75, 3.05) is 13.7 Å². The Balaban J connectivity index is 1.93. The maximum absolute atomic E-state index is 16.3. The molecule has 0 saturated heterocycles. The number of nitrogens with zero attached hydrogens (tertiary/aromatic N) is 2. The Labute approximate surface area is 208 Å². The lowest BCUT2D eigenvalue weighted by atomic mass is 9.80. The number of hydrogen-bond donors (Lipinski definition) is 2. The fourth-order valence-electron chi connectivity index (χ4n) is 6.04. The molecule has 36 heavy (non-hydrogen) atoms. The van der Waals surface area contributed by atoms with Crippen molar-refractivity contribution >= 4 is 27.8 Å². The molecule has 8 heteroatoms. The number of ether oxygens (including phenoxy) is 1. The molecular weight excluding hydrogens is 464 g/mol. The first-order valence-corrected chi connectivity index (χ1v) is 12.2. The number of nitrogens with one attached hydrogen (secondary N) is 1. The van der Waals surface area contributed by atoms with E-state index in [1.54, 1.807) is 39.3 Å². The molecule has 1 saturated carbocycles. The van der Waals surface area contributed by atoms with Crippen molar-refractivity contribution in [2.45, 2.75) is 58.3 Å². The van der Waals surface area contributed by atoms with Gasteiger partial charge in [0, 0.05) is 34.7 Å². The largest absolute Gasteiger partial charge is 0.481 e. The smallest absolute Gasteiger partial charge is 0.309 e. The molecule has 2 N–H and O–H groups in total. The molecule has 2 atom stereocenters. The summed E-state index contributed by atoms with van der Waals surface area (Å²) < 4.78 is 38.2. The zero-order chi connectivity index (χ0) is 26.0. The van der Waals surface area contributed by atoms with Gasteiger partial charge in [-0.3, -0.25) is 9.89 Å². The fourth-order valence-corrected chi connectivity index (χ4v) is 6.04. The molecule has 0 amide bonds. The molecule has 2 aromatic carbocycles. The van der Waals surface area contributed by atoms with Gasteiger partial charge in [0.1, 0.15) is 11.3 Å². The van der Waals surface area contributed by atoms with Crippen LogP contribution in [0.4, 0.5) is 8.78 Å². The Morgan fingerprint density at radius 2 is 2.08 bits per heavy atom. The number of methoxy groups -OCH3 is 1. The number of benzene rings is 2. The van der Waals surface area contributed by atoms with Gasteiger partial charge in [-0.15, -0.1) is 0 Å². The van der Waals surface area contributed by atoms with Gasteiger partial charge in [-0.1, -0.05) is 13.8 Å². The number of rotatable bonds is 6. The van der Waals surface area contributed by atoms with Crippen LogP contribution in [0.25, 0.3) is 27.5 Å². The van der Waals surface area contributed by atoms with Crippen molar-refractivity contribution in [1.82, 2.24) is 14.8 Å². The van der Waals surface area contributed by atoms with Gasteiger partial charge in [-0.25, -0.2) is 8.78 Å². The lowest BCUT2D eigenvalue weighted by Gasteiger charge is -2.30. The average molecular weight is 496 g/mol. The van der Waals surface area contributed by atoms with Gasteiger partial charge < -0.3 is 14.4 Å². The van der Waals surface area contributed by atoms with Crippen LogP contribution in [0, 0.1) is 24.0 Å². The number of halogens is 2. The molecule has 0 bridgehead atoms. The van der Waals surface area contributed by atoms with Crippen molar-refractivity contribution in [2.24, 2.45) is 5.41 Å². The van der Waals surface area contributed by atoms with Crippen molar-refractivity contribution < 1.29 is 23.4 Å². The van der Waals surface area contributed by atoms with Gasteiger partial charge in [0.05, 0.1) is 23.7 Å². The zero-order valence-corrected chi connectivity index (χ0v) is 21.2. The summed E-state index contributed by atoms with van der Waals surface area (Å²) in [4.78, 5) is 12.1. The lowest BCUT2D eigenvalue weighted by Crippen LogP contribution is -2.29. The van der Waals surface area contributed by atoms with Gasteiger partial charge in [0.15, 0.2) is 5.82 Å². The summed E-state index contributed by atoms with van der Waals surface area (Å²) in [5, 5.41) is 17.8. The first-order chi connectivity index (χ1) is 17.0. The normalized spacial score (nSPS) is 20.6. The summed E-state index contributed by atoms with van der Waals surface area (Å²) in [5.74, 6) is -1.73. The average Bonchev–Trinajstić information content (AvgIpc) is 3.52. The Hall–Kier alpha value is -3.26. The van der Waals surface area contributed by atoms with Crippen LogP contribution in [0.3, 0.4) is 0 Å². The van der Waals surface area contributed by atoms with Crippen molar-refractivity contribution in [3.05, 3.63) is 58.9 Å². The summed E-state index contributed by atoms with van der Waals surface area (Å²) in [6, 6.07) is 6.79. The van der Waals surface area contributed by atoms with E-state index in [1.165, 1.54) is 6.07 Å². The van der Waals surface area contributed by atoms with E-state index in [9.17, 15) is 14.3 Å². The Kier molecular flexibility index (Phi) is 5.70. The predicted octanol–water partition coefficient (Wildman–Crippen LogP) is 6.38. The molecule has 190 valence electrons. The van der Waals surface area contributed by atoms with Gasteiger partial charge >= 0.3 is 5.97 Å². The minimum absolute atomic E-state index is 0.169. The van der Waals surface area contributed by atoms with Crippen LogP contribution in [-0.4, -0.2) is 39.6 Å².